The van der Waals surface area contributed by atoms with Crippen LogP contribution in [0.3, 0.4) is 0 Å². The summed E-state index contributed by atoms with van der Waals surface area (Å²) in [5.74, 6) is 1.66. The Morgan fingerprint density at radius 1 is 0.370 bits per heavy atom. The smallest absolute Gasteiger partial charge is 0.165 e. The Morgan fingerprint density at radius 2 is 0.978 bits per heavy atom. The lowest BCUT2D eigenvalue weighted by Crippen LogP contribution is -2.02. The summed E-state index contributed by atoms with van der Waals surface area (Å²) in [6.45, 7) is 0. The van der Waals surface area contributed by atoms with Crippen LogP contribution in [0.25, 0.3) is 88.9 Å². The normalized spacial score (nSPS) is 11.5. The molecule has 0 unspecified atom stereocenters. The van der Waals surface area contributed by atoms with Gasteiger partial charge in [-0.1, -0.05) is 66.7 Å². The molecule has 0 saturated carbocycles. The fourth-order valence-electron chi connectivity index (χ4n) is 6.14. The molecule has 9 rings (SSSR count). The molecule has 5 aromatic heterocycles. The number of benzene rings is 4. The van der Waals surface area contributed by atoms with Crippen molar-refractivity contribution in [1.82, 2.24) is 34.9 Å². The number of hydrogen-bond donors (Lipinski definition) is 0. The minimum atomic E-state index is 0.528. The van der Waals surface area contributed by atoms with Gasteiger partial charge in [-0.2, -0.15) is 0 Å². The van der Waals surface area contributed by atoms with Gasteiger partial charge in [-0.15, -0.1) is 0 Å². The molecule has 0 aliphatic carbocycles. The number of rotatable bonds is 4. The highest BCUT2D eigenvalue weighted by Crippen LogP contribution is 2.37. The van der Waals surface area contributed by atoms with Gasteiger partial charge in [0.05, 0.1) is 22.4 Å². The first-order valence-electron chi connectivity index (χ1n) is 15.0. The SMILES string of the molecule is c1ccc(-c2ccc(-c3nc(-c4cc5ccccc5c5ccccc45)nc(-c4cc5cccnc5c5ncccc45)n3)cn2)nc1. The van der Waals surface area contributed by atoms with E-state index in [0.29, 0.717) is 17.5 Å². The van der Waals surface area contributed by atoms with Gasteiger partial charge in [0.2, 0.25) is 0 Å². The maximum Gasteiger partial charge on any atom is 0.165 e. The predicted molar refractivity (Wildman–Crippen MR) is 183 cm³/mol. The van der Waals surface area contributed by atoms with E-state index in [1.54, 1.807) is 24.8 Å². The van der Waals surface area contributed by atoms with Gasteiger partial charge < -0.3 is 0 Å². The topological polar surface area (TPSA) is 90.2 Å². The summed E-state index contributed by atoms with van der Waals surface area (Å²) in [6, 6.07) is 38.8. The second kappa shape index (κ2) is 10.6. The molecule has 7 heteroatoms. The quantitative estimate of drug-likeness (QED) is 0.190. The summed E-state index contributed by atoms with van der Waals surface area (Å²) in [4.78, 5) is 33.9. The molecule has 0 aliphatic heterocycles. The Bertz CT molecular complexity index is 2450. The van der Waals surface area contributed by atoms with Crippen molar-refractivity contribution in [3.8, 4) is 45.6 Å². The van der Waals surface area contributed by atoms with Crippen LogP contribution in [0.15, 0.2) is 140 Å². The number of pyridine rings is 4. The van der Waals surface area contributed by atoms with Crippen LogP contribution >= 0.6 is 0 Å². The van der Waals surface area contributed by atoms with Crippen LogP contribution in [0, 0.1) is 0 Å². The summed E-state index contributed by atoms with van der Waals surface area (Å²) in [7, 11) is 0. The minimum absolute atomic E-state index is 0.528. The van der Waals surface area contributed by atoms with Gasteiger partial charge in [0.15, 0.2) is 17.5 Å². The average Bonchev–Trinajstić information content (AvgIpc) is 3.14. The molecule has 0 radical (unpaired) electrons. The predicted octanol–water partition coefficient (Wildman–Crippen LogP) is 8.73. The Hall–Kier alpha value is -6.47. The second-order valence-corrected chi connectivity index (χ2v) is 11.0. The van der Waals surface area contributed by atoms with Gasteiger partial charge in [0.1, 0.15) is 0 Å². The fraction of sp³-hybridized carbons (Fsp3) is 0. The first-order chi connectivity index (χ1) is 22.8. The maximum absolute atomic E-state index is 5.18. The standard InChI is InChI=1S/C39H23N7/c1-2-11-27-24(9-1)21-31(29-13-4-3-12-28(27)29)38-44-37(26-16-17-34(43-23-26)33-15-5-6-18-40-33)45-39(46-38)32-22-25-10-7-19-41-35(25)36-30(32)14-8-20-42-36/h1-23H. The van der Waals surface area contributed by atoms with Crippen LogP contribution in [0.4, 0.5) is 0 Å². The molecule has 0 spiro atoms. The van der Waals surface area contributed by atoms with Crippen molar-refractivity contribution in [3.63, 3.8) is 0 Å². The zero-order valence-electron chi connectivity index (χ0n) is 24.4. The Kier molecular flexibility index (Phi) is 5.99. The van der Waals surface area contributed by atoms with Crippen LogP contribution in [-0.4, -0.2) is 34.9 Å². The summed E-state index contributed by atoms with van der Waals surface area (Å²) in [5, 5.41) is 6.40. The summed E-state index contributed by atoms with van der Waals surface area (Å²) >= 11 is 0. The third kappa shape index (κ3) is 4.33. The molecule has 0 saturated heterocycles. The highest BCUT2D eigenvalue weighted by atomic mass is 15.0. The van der Waals surface area contributed by atoms with Crippen molar-refractivity contribution in [2.45, 2.75) is 0 Å². The molecule has 214 valence electrons. The molecule has 0 aliphatic rings. The lowest BCUT2D eigenvalue weighted by molar-refractivity contribution is 1.07. The Balaban J connectivity index is 1.32. The third-order valence-corrected chi connectivity index (χ3v) is 8.30. The summed E-state index contributed by atoms with van der Waals surface area (Å²) in [6.07, 6.45) is 7.15. The van der Waals surface area contributed by atoms with Gasteiger partial charge in [-0.25, -0.2) is 15.0 Å². The Morgan fingerprint density at radius 3 is 1.78 bits per heavy atom. The largest absolute Gasteiger partial charge is 0.255 e. The fourth-order valence-corrected chi connectivity index (χ4v) is 6.14. The highest BCUT2D eigenvalue weighted by molar-refractivity contribution is 6.13. The van der Waals surface area contributed by atoms with Gasteiger partial charge in [0, 0.05) is 52.3 Å². The van der Waals surface area contributed by atoms with E-state index in [1.165, 1.54) is 5.39 Å². The van der Waals surface area contributed by atoms with Gasteiger partial charge in [-0.3, -0.25) is 19.9 Å². The van der Waals surface area contributed by atoms with Crippen molar-refractivity contribution in [3.05, 3.63) is 140 Å². The van der Waals surface area contributed by atoms with Crippen LogP contribution in [0.5, 0.6) is 0 Å². The zero-order chi connectivity index (χ0) is 30.5. The van der Waals surface area contributed by atoms with E-state index >= 15 is 0 Å². The van der Waals surface area contributed by atoms with E-state index in [9.17, 15) is 0 Å². The molecule has 46 heavy (non-hydrogen) atoms. The molecule has 0 atom stereocenters. The number of hydrogen-bond acceptors (Lipinski definition) is 7. The Labute approximate surface area is 263 Å². The number of fused-ring (bicyclic) bond motifs is 6. The summed E-state index contributed by atoms with van der Waals surface area (Å²) < 4.78 is 0. The van der Waals surface area contributed by atoms with E-state index in [0.717, 1.165) is 66.0 Å². The highest BCUT2D eigenvalue weighted by Gasteiger charge is 2.19. The van der Waals surface area contributed by atoms with E-state index in [2.05, 4.69) is 70.6 Å². The van der Waals surface area contributed by atoms with E-state index in [4.69, 9.17) is 24.9 Å². The van der Waals surface area contributed by atoms with Crippen molar-refractivity contribution in [2.75, 3.05) is 0 Å². The molecular weight excluding hydrogens is 566 g/mol. The lowest BCUT2D eigenvalue weighted by Gasteiger charge is -2.13. The lowest BCUT2D eigenvalue weighted by atomic mass is 9.96. The van der Waals surface area contributed by atoms with Crippen LogP contribution in [0.1, 0.15) is 0 Å². The van der Waals surface area contributed by atoms with Gasteiger partial charge >= 0.3 is 0 Å². The maximum atomic E-state index is 5.18. The molecule has 4 aromatic carbocycles. The van der Waals surface area contributed by atoms with Crippen molar-refractivity contribution >= 4 is 43.4 Å². The van der Waals surface area contributed by atoms with Gasteiger partial charge in [0.25, 0.3) is 0 Å². The molecule has 9 aromatic rings. The van der Waals surface area contributed by atoms with E-state index in [1.807, 2.05) is 54.6 Å². The van der Waals surface area contributed by atoms with Crippen LogP contribution < -0.4 is 0 Å². The number of aromatic nitrogens is 7. The minimum Gasteiger partial charge on any atom is -0.255 e. The average molecular weight is 590 g/mol. The van der Waals surface area contributed by atoms with Crippen LogP contribution in [0.2, 0.25) is 0 Å². The molecular formula is C39H23N7. The first-order valence-corrected chi connectivity index (χ1v) is 15.0. The van der Waals surface area contributed by atoms with E-state index < -0.39 is 0 Å². The van der Waals surface area contributed by atoms with Crippen molar-refractivity contribution in [1.29, 1.82) is 0 Å². The first kappa shape index (κ1) is 26.0. The molecule has 5 heterocycles. The molecule has 0 bridgehead atoms. The zero-order valence-corrected chi connectivity index (χ0v) is 24.4. The molecule has 7 nitrogen and oxygen atoms in total. The molecule has 0 N–H and O–H groups in total. The molecule has 0 fully saturated rings. The number of nitrogens with zero attached hydrogens (tertiary/aromatic N) is 7. The monoisotopic (exact) mass is 589 g/mol. The van der Waals surface area contributed by atoms with Crippen molar-refractivity contribution in [2.24, 2.45) is 0 Å². The second-order valence-electron chi connectivity index (χ2n) is 11.0. The summed E-state index contributed by atoms with van der Waals surface area (Å²) in [5.41, 5.74) is 5.79. The third-order valence-electron chi connectivity index (χ3n) is 8.30. The van der Waals surface area contributed by atoms with Crippen LogP contribution in [-0.2, 0) is 0 Å². The van der Waals surface area contributed by atoms with E-state index in [-0.39, 0.29) is 0 Å². The van der Waals surface area contributed by atoms with Gasteiger partial charge in [-0.05, 0) is 70.1 Å². The molecule has 0 amide bonds. The van der Waals surface area contributed by atoms with Crippen molar-refractivity contribution < 1.29 is 0 Å².